The van der Waals surface area contributed by atoms with Gasteiger partial charge in [0.05, 0.1) is 29.8 Å². The van der Waals surface area contributed by atoms with E-state index < -0.39 is 6.04 Å². The number of amidine groups is 1. The van der Waals surface area contributed by atoms with Crippen LogP contribution in [0.2, 0.25) is 0 Å². The lowest BCUT2D eigenvalue weighted by Gasteiger charge is -2.37. The molecule has 0 unspecified atom stereocenters. The number of rotatable bonds is 8. The van der Waals surface area contributed by atoms with E-state index in [-0.39, 0.29) is 24.4 Å². The molecule has 2 aliphatic heterocycles. The maximum Gasteiger partial charge on any atom is 0.338 e. The fraction of sp³-hybridized carbons (Fsp3) is 0.333. The molecule has 0 bridgehead atoms. The average Bonchev–Trinajstić information content (AvgIpc) is 3.20. The average molecular weight is 491 g/mol. The molecule has 182 valence electrons. The van der Waals surface area contributed by atoms with Gasteiger partial charge in [0.25, 0.3) is 0 Å². The monoisotopic (exact) mass is 490 g/mol. The molecule has 0 radical (unpaired) electrons. The largest absolute Gasteiger partial charge is 0.459 e. The standard InChI is InChI=1S/C27H30N4O3S/c1-17(2)34-26(33)24-19(4)30-27-31(25(24)22-11-6-5-9-18(22)3)21(16-35-27)15-23(32)29-14-12-20-10-7-8-13-28-20/h5-11,13,16-17,25H,12,14-15H2,1-4H3,(H,29,32)/t25-/m0/s1. The number of carbonyl (C=O) groups excluding carboxylic acids is 2. The van der Waals surface area contributed by atoms with E-state index >= 15 is 0 Å². The number of hydrogen-bond acceptors (Lipinski definition) is 7. The number of allylic oxidation sites excluding steroid dienone is 1. The van der Waals surface area contributed by atoms with Crippen molar-refractivity contribution >= 4 is 28.8 Å². The Morgan fingerprint density at radius 1 is 1.14 bits per heavy atom. The summed E-state index contributed by atoms with van der Waals surface area (Å²) in [5, 5.41) is 5.70. The van der Waals surface area contributed by atoms with Crippen molar-refractivity contribution in [2.45, 2.75) is 52.7 Å². The number of fused-ring (bicyclic) bond motifs is 1. The number of aryl methyl sites for hydroxylation is 1. The van der Waals surface area contributed by atoms with Crippen LogP contribution in [0.1, 0.15) is 50.1 Å². The Morgan fingerprint density at radius 2 is 1.91 bits per heavy atom. The molecular formula is C27H30N4O3S. The van der Waals surface area contributed by atoms with Crippen LogP contribution < -0.4 is 5.32 Å². The molecule has 1 aromatic carbocycles. The zero-order valence-corrected chi connectivity index (χ0v) is 21.3. The van der Waals surface area contributed by atoms with Crippen molar-refractivity contribution < 1.29 is 14.3 Å². The highest BCUT2D eigenvalue weighted by Crippen LogP contribution is 2.45. The van der Waals surface area contributed by atoms with Gasteiger partial charge in [-0.25, -0.2) is 9.79 Å². The Labute approximate surface area is 210 Å². The van der Waals surface area contributed by atoms with Crippen LogP contribution in [0.4, 0.5) is 0 Å². The summed E-state index contributed by atoms with van der Waals surface area (Å²) in [4.78, 5) is 37.1. The zero-order chi connectivity index (χ0) is 24.9. The van der Waals surface area contributed by atoms with Crippen molar-refractivity contribution in [2.24, 2.45) is 4.99 Å². The summed E-state index contributed by atoms with van der Waals surface area (Å²) in [5.74, 6) is -0.472. The van der Waals surface area contributed by atoms with E-state index in [2.05, 4.69) is 10.3 Å². The number of pyridine rings is 1. The van der Waals surface area contributed by atoms with Crippen LogP contribution in [0.5, 0.6) is 0 Å². The molecule has 1 amide bonds. The molecule has 0 spiro atoms. The quantitative estimate of drug-likeness (QED) is 0.542. The van der Waals surface area contributed by atoms with Gasteiger partial charge in [-0.2, -0.15) is 0 Å². The van der Waals surface area contributed by atoms with E-state index in [0.717, 1.165) is 27.7 Å². The van der Waals surface area contributed by atoms with Crippen molar-refractivity contribution in [1.29, 1.82) is 0 Å². The number of carbonyl (C=O) groups is 2. The first-order valence-electron chi connectivity index (χ1n) is 11.7. The van der Waals surface area contributed by atoms with Crippen LogP contribution in [0, 0.1) is 6.92 Å². The lowest BCUT2D eigenvalue weighted by Crippen LogP contribution is -2.38. The summed E-state index contributed by atoms with van der Waals surface area (Å²) >= 11 is 1.47. The number of esters is 1. The first kappa shape index (κ1) is 24.7. The van der Waals surface area contributed by atoms with Crippen LogP contribution in [0.3, 0.4) is 0 Å². The Bertz CT molecular complexity index is 1200. The van der Waals surface area contributed by atoms with Gasteiger partial charge in [0, 0.05) is 30.6 Å². The maximum atomic E-state index is 13.2. The van der Waals surface area contributed by atoms with Gasteiger partial charge in [0.15, 0.2) is 5.17 Å². The third-order valence-corrected chi connectivity index (χ3v) is 6.71. The Morgan fingerprint density at radius 3 is 2.63 bits per heavy atom. The predicted octanol–water partition coefficient (Wildman–Crippen LogP) is 4.67. The molecule has 2 aromatic rings. The topological polar surface area (TPSA) is 83.9 Å². The zero-order valence-electron chi connectivity index (χ0n) is 20.4. The molecule has 1 atom stereocenters. The Balaban J connectivity index is 1.57. The Kier molecular flexibility index (Phi) is 7.70. The second-order valence-corrected chi connectivity index (χ2v) is 9.64. The lowest BCUT2D eigenvalue weighted by atomic mass is 9.91. The number of thioether (sulfide) groups is 1. The Hall–Kier alpha value is -3.39. The number of aliphatic imine (C=N–C) groups is 1. The molecule has 0 saturated carbocycles. The summed E-state index contributed by atoms with van der Waals surface area (Å²) in [6.07, 6.45) is 2.34. The highest BCUT2D eigenvalue weighted by atomic mass is 32.2. The molecule has 0 saturated heterocycles. The lowest BCUT2D eigenvalue weighted by molar-refractivity contribution is -0.143. The summed E-state index contributed by atoms with van der Waals surface area (Å²) in [6, 6.07) is 13.3. The summed E-state index contributed by atoms with van der Waals surface area (Å²) in [5.41, 5.74) is 4.91. The van der Waals surface area contributed by atoms with Gasteiger partial charge in [0.1, 0.15) is 0 Å². The highest BCUT2D eigenvalue weighted by molar-refractivity contribution is 8.16. The van der Waals surface area contributed by atoms with Crippen LogP contribution >= 0.6 is 11.8 Å². The summed E-state index contributed by atoms with van der Waals surface area (Å²) in [7, 11) is 0. The van der Waals surface area contributed by atoms with Crippen molar-refractivity contribution in [2.75, 3.05) is 6.54 Å². The second-order valence-electron chi connectivity index (χ2n) is 8.80. The first-order chi connectivity index (χ1) is 16.8. The fourth-order valence-electron chi connectivity index (χ4n) is 4.20. The summed E-state index contributed by atoms with van der Waals surface area (Å²) in [6.45, 7) is 8.04. The smallest absolute Gasteiger partial charge is 0.338 e. The van der Waals surface area contributed by atoms with Crippen LogP contribution in [0.15, 0.2) is 76.0 Å². The molecule has 35 heavy (non-hydrogen) atoms. The van der Waals surface area contributed by atoms with E-state index in [4.69, 9.17) is 9.73 Å². The van der Waals surface area contributed by atoms with Crippen LogP contribution in [-0.2, 0) is 20.7 Å². The van der Waals surface area contributed by atoms with Crippen LogP contribution in [-0.4, -0.2) is 39.6 Å². The SMILES string of the molecule is CC1=C(C(=O)OC(C)C)[C@H](c2ccccc2C)N2C(CC(=O)NCCc3ccccn3)=CSC2=N1. The molecule has 1 aromatic heterocycles. The minimum absolute atomic E-state index is 0.0878. The van der Waals surface area contributed by atoms with E-state index in [0.29, 0.717) is 24.2 Å². The molecule has 3 heterocycles. The predicted molar refractivity (Wildman–Crippen MR) is 138 cm³/mol. The van der Waals surface area contributed by atoms with Gasteiger partial charge < -0.3 is 15.0 Å². The molecular weight excluding hydrogens is 460 g/mol. The number of nitrogens with zero attached hydrogens (tertiary/aromatic N) is 3. The third kappa shape index (κ3) is 5.65. The molecule has 1 N–H and O–H groups in total. The number of nitrogens with one attached hydrogen (secondary N) is 1. The van der Waals surface area contributed by atoms with E-state index in [1.165, 1.54) is 11.8 Å². The van der Waals surface area contributed by atoms with Gasteiger partial charge >= 0.3 is 5.97 Å². The number of benzene rings is 1. The molecule has 0 fully saturated rings. The fourth-order valence-corrected chi connectivity index (χ4v) is 5.16. The number of hydrogen-bond donors (Lipinski definition) is 1. The third-order valence-electron chi connectivity index (χ3n) is 5.82. The van der Waals surface area contributed by atoms with Gasteiger partial charge in [-0.15, -0.1) is 0 Å². The maximum absolute atomic E-state index is 13.2. The van der Waals surface area contributed by atoms with Crippen molar-refractivity contribution in [3.8, 4) is 0 Å². The van der Waals surface area contributed by atoms with Crippen molar-refractivity contribution in [3.63, 3.8) is 0 Å². The molecule has 0 aliphatic carbocycles. The highest BCUT2D eigenvalue weighted by Gasteiger charge is 2.41. The molecule has 4 rings (SSSR count). The van der Waals surface area contributed by atoms with E-state index in [9.17, 15) is 9.59 Å². The number of aromatic nitrogens is 1. The molecule has 8 heteroatoms. The second kappa shape index (κ2) is 10.9. The van der Waals surface area contributed by atoms with Gasteiger partial charge in [0.2, 0.25) is 5.91 Å². The van der Waals surface area contributed by atoms with Crippen molar-refractivity contribution in [1.82, 2.24) is 15.2 Å². The van der Waals surface area contributed by atoms with Gasteiger partial charge in [-0.3, -0.25) is 9.78 Å². The van der Waals surface area contributed by atoms with Gasteiger partial charge in [-0.05, 0) is 56.4 Å². The molecule has 2 aliphatic rings. The molecule has 7 nitrogen and oxygen atoms in total. The normalized spacial score (nSPS) is 17.2. The van der Waals surface area contributed by atoms with Gasteiger partial charge in [-0.1, -0.05) is 42.1 Å². The minimum Gasteiger partial charge on any atom is -0.459 e. The number of amides is 1. The minimum atomic E-state index is -0.419. The van der Waals surface area contributed by atoms with Crippen LogP contribution in [0.25, 0.3) is 0 Å². The first-order valence-corrected chi connectivity index (χ1v) is 12.6. The van der Waals surface area contributed by atoms with Crippen molar-refractivity contribution in [3.05, 3.63) is 87.9 Å². The van der Waals surface area contributed by atoms with E-state index in [1.807, 2.05) is 80.5 Å². The number of ether oxygens (including phenoxy) is 1. The van der Waals surface area contributed by atoms with E-state index in [1.54, 1.807) is 6.20 Å². The summed E-state index contributed by atoms with van der Waals surface area (Å²) < 4.78 is 5.61.